The van der Waals surface area contributed by atoms with Crippen molar-refractivity contribution in [3.63, 3.8) is 0 Å². The molecule has 1 aliphatic rings. The summed E-state index contributed by atoms with van der Waals surface area (Å²) in [5, 5.41) is 22.8. The molecule has 0 saturated heterocycles. The summed E-state index contributed by atoms with van der Waals surface area (Å²) in [5.41, 5.74) is 1.68. The first-order valence-electron chi connectivity index (χ1n) is 10.8. The van der Waals surface area contributed by atoms with Crippen molar-refractivity contribution < 1.29 is 24.5 Å². The molecule has 0 saturated carbocycles. The van der Waals surface area contributed by atoms with Gasteiger partial charge in [-0.15, -0.1) is 11.3 Å². The van der Waals surface area contributed by atoms with Gasteiger partial charge in [0.1, 0.15) is 0 Å². The summed E-state index contributed by atoms with van der Waals surface area (Å²) < 4.78 is 5.52. The van der Waals surface area contributed by atoms with Crippen molar-refractivity contribution in [3.8, 4) is 11.5 Å². The van der Waals surface area contributed by atoms with E-state index in [4.69, 9.17) is 4.74 Å². The molecule has 0 spiro atoms. The van der Waals surface area contributed by atoms with Gasteiger partial charge in [-0.2, -0.15) is 0 Å². The molecule has 4 rings (SSSR count). The van der Waals surface area contributed by atoms with Crippen LogP contribution in [-0.2, 0) is 22.6 Å². The molecule has 1 amide bonds. The van der Waals surface area contributed by atoms with Gasteiger partial charge in [-0.3, -0.25) is 9.59 Å². The number of aromatic hydroxyl groups is 1. The summed E-state index contributed by atoms with van der Waals surface area (Å²) in [7, 11) is 0. The molecule has 170 valence electrons. The number of phenolic OH excluding ortho intramolecular Hbond substituents is 1. The number of hydrogen-bond donors (Lipinski definition) is 2. The monoisotopic (exact) mass is 463 g/mol. The second-order valence-electron chi connectivity index (χ2n) is 7.75. The van der Waals surface area contributed by atoms with E-state index in [1.165, 1.54) is 22.3 Å². The minimum absolute atomic E-state index is 0.0279. The van der Waals surface area contributed by atoms with Crippen LogP contribution in [0.3, 0.4) is 0 Å². The van der Waals surface area contributed by atoms with Gasteiger partial charge in [-0.05, 0) is 48.1 Å². The number of nitrogens with zero attached hydrogens (tertiary/aromatic N) is 1. The number of ketones is 1. The summed E-state index contributed by atoms with van der Waals surface area (Å²) in [6.45, 7) is 2.41. The minimum Gasteiger partial charge on any atom is -0.504 e. The number of amides is 1. The molecular weight excluding hydrogens is 438 g/mol. The molecule has 2 N–H and O–H groups in total. The zero-order valence-corrected chi connectivity index (χ0v) is 19.0. The zero-order valence-electron chi connectivity index (χ0n) is 18.2. The van der Waals surface area contributed by atoms with Crippen molar-refractivity contribution in [1.29, 1.82) is 0 Å². The first-order chi connectivity index (χ1) is 16.0. The van der Waals surface area contributed by atoms with Crippen LogP contribution in [0.1, 0.15) is 35.4 Å². The third-order valence-corrected chi connectivity index (χ3v) is 6.45. The number of phenols is 1. The summed E-state index contributed by atoms with van der Waals surface area (Å²) in [5.74, 6) is -1.14. The Hall–Kier alpha value is -3.58. The lowest BCUT2D eigenvalue weighted by Crippen LogP contribution is -2.30. The third kappa shape index (κ3) is 4.78. The number of aryl methyl sites for hydroxylation is 1. The van der Waals surface area contributed by atoms with Gasteiger partial charge in [0.2, 0.25) is 0 Å². The lowest BCUT2D eigenvalue weighted by molar-refractivity contribution is -0.130. The Morgan fingerprint density at radius 1 is 1.09 bits per heavy atom. The Bertz CT molecular complexity index is 1170. The van der Waals surface area contributed by atoms with E-state index in [-0.39, 0.29) is 35.8 Å². The predicted octanol–water partition coefficient (Wildman–Crippen LogP) is 4.95. The highest BCUT2D eigenvalue weighted by atomic mass is 32.1. The van der Waals surface area contributed by atoms with Crippen molar-refractivity contribution in [2.45, 2.75) is 32.4 Å². The standard InChI is InChI=1S/C26H25NO5S/c1-2-32-22-15-18(11-13-20(22)28)24-23(21(29)12-10-17-7-4-3-5-8-17)25(30)26(31)27(24)16-19-9-6-14-33-19/h3-9,11,13-15,24,28,30H,2,10,12,16H2,1H3. The molecule has 1 unspecified atom stereocenters. The molecule has 0 radical (unpaired) electrons. The number of aliphatic hydroxyl groups excluding tert-OH is 1. The Kier molecular flexibility index (Phi) is 6.79. The molecule has 1 atom stereocenters. The predicted molar refractivity (Wildman–Crippen MR) is 126 cm³/mol. The highest BCUT2D eigenvalue weighted by Gasteiger charge is 2.43. The molecule has 3 aromatic rings. The SMILES string of the molecule is CCOc1cc(C2C(C(=O)CCc3ccccc3)=C(O)C(=O)N2Cc2cccs2)ccc1O. The van der Waals surface area contributed by atoms with Gasteiger partial charge in [0.15, 0.2) is 23.0 Å². The zero-order chi connectivity index (χ0) is 23.4. The fourth-order valence-electron chi connectivity index (χ4n) is 4.03. The molecule has 0 bridgehead atoms. The van der Waals surface area contributed by atoms with Gasteiger partial charge in [0, 0.05) is 11.3 Å². The summed E-state index contributed by atoms with van der Waals surface area (Å²) in [6.07, 6.45) is 0.665. The molecule has 7 heteroatoms. The van der Waals surface area contributed by atoms with E-state index in [9.17, 15) is 19.8 Å². The average molecular weight is 464 g/mol. The molecule has 2 heterocycles. The summed E-state index contributed by atoms with van der Waals surface area (Å²) >= 11 is 1.50. The molecule has 33 heavy (non-hydrogen) atoms. The van der Waals surface area contributed by atoms with Crippen LogP contribution in [0.15, 0.2) is 77.4 Å². The number of rotatable bonds is 9. The fraction of sp³-hybridized carbons (Fsp3) is 0.231. The number of carbonyl (C=O) groups is 2. The second-order valence-corrected chi connectivity index (χ2v) is 8.78. The maximum atomic E-state index is 13.3. The average Bonchev–Trinajstić information content (AvgIpc) is 3.42. The molecular formula is C26H25NO5S. The summed E-state index contributed by atoms with van der Waals surface area (Å²) in [6, 6.07) is 17.4. The van der Waals surface area contributed by atoms with Crippen LogP contribution in [0.5, 0.6) is 11.5 Å². The number of carbonyl (C=O) groups excluding carboxylic acids is 2. The number of hydrogen-bond acceptors (Lipinski definition) is 6. The van der Waals surface area contributed by atoms with Crippen molar-refractivity contribution in [2.75, 3.05) is 6.61 Å². The number of aliphatic hydroxyl groups is 1. The topological polar surface area (TPSA) is 87.1 Å². The summed E-state index contributed by atoms with van der Waals surface area (Å²) in [4.78, 5) is 28.8. The van der Waals surface area contributed by atoms with Gasteiger partial charge in [-0.25, -0.2) is 0 Å². The molecule has 1 aromatic heterocycles. The highest BCUT2D eigenvalue weighted by molar-refractivity contribution is 7.09. The smallest absolute Gasteiger partial charge is 0.290 e. The van der Waals surface area contributed by atoms with Crippen LogP contribution in [-0.4, -0.2) is 33.4 Å². The molecule has 2 aromatic carbocycles. The van der Waals surface area contributed by atoms with Crippen LogP contribution in [0, 0.1) is 0 Å². The van der Waals surface area contributed by atoms with E-state index in [0.717, 1.165) is 10.4 Å². The van der Waals surface area contributed by atoms with E-state index >= 15 is 0 Å². The lowest BCUT2D eigenvalue weighted by atomic mass is 9.93. The Balaban J connectivity index is 1.70. The second kappa shape index (κ2) is 9.92. The lowest BCUT2D eigenvalue weighted by Gasteiger charge is -2.27. The van der Waals surface area contributed by atoms with Gasteiger partial charge in [0.05, 0.1) is 24.8 Å². The van der Waals surface area contributed by atoms with Gasteiger partial charge < -0.3 is 19.8 Å². The number of Topliss-reactive ketones (excluding diaryl/α,β-unsaturated/α-hetero) is 1. The normalized spacial score (nSPS) is 15.8. The van der Waals surface area contributed by atoms with Gasteiger partial charge in [-0.1, -0.05) is 42.5 Å². The van der Waals surface area contributed by atoms with Crippen molar-refractivity contribution in [1.82, 2.24) is 4.90 Å². The first kappa shape index (κ1) is 22.6. The van der Waals surface area contributed by atoms with Gasteiger partial charge in [0.25, 0.3) is 5.91 Å². The number of thiophene rings is 1. The first-order valence-corrected chi connectivity index (χ1v) is 11.7. The largest absolute Gasteiger partial charge is 0.504 e. The Labute approximate surface area is 196 Å². The van der Waals surface area contributed by atoms with Crippen LogP contribution < -0.4 is 4.74 Å². The molecule has 6 nitrogen and oxygen atoms in total. The van der Waals surface area contributed by atoms with E-state index in [0.29, 0.717) is 18.6 Å². The molecule has 0 aliphatic carbocycles. The van der Waals surface area contributed by atoms with Crippen molar-refractivity contribution in [3.05, 3.63) is 93.4 Å². The third-order valence-electron chi connectivity index (χ3n) is 5.59. The minimum atomic E-state index is -0.775. The Morgan fingerprint density at radius 3 is 2.58 bits per heavy atom. The Morgan fingerprint density at radius 2 is 1.88 bits per heavy atom. The maximum absolute atomic E-state index is 13.3. The van der Waals surface area contributed by atoms with Crippen LogP contribution >= 0.6 is 11.3 Å². The quantitative estimate of drug-likeness (QED) is 0.469. The van der Waals surface area contributed by atoms with Crippen molar-refractivity contribution >= 4 is 23.0 Å². The van der Waals surface area contributed by atoms with E-state index in [1.807, 2.05) is 47.8 Å². The fourth-order valence-corrected chi connectivity index (χ4v) is 4.73. The van der Waals surface area contributed by atoms with E-state index < -0.39 is 17.7 Å². The van der Waals surface area contributed by atoms with Crippen LogP contribution in [0.2, 0.25) is 0 Å². The number of ether oxygens (including phenoxy) is 1. The highest BCUT2D eigenvalue weighted by Crippen LogP contribution is 2.42. The van der Waals surface area contributed by atoms with E-state index in [2.05, 4.69) is 0 Å². The maximum Gasteiger partial charge on any atom is 0.290 e. The van der Waals surface area contributed by atoms with Crippen LogP contribution in [0.25, 0.3) is 0 Å². The number of benzene rings is 2. The molecule has 0 fully saturated rings. The molecule has 1 aliphatic heterocycles. The van der Waals surface area contributed by atoms with Crippen molar-refractivity contribution in [2.24, 2.45) is 0 Å². The van der Waals surface area contributed by atoms with E-state index in [1.54, 1.807) is 19.1 Å². The van der Waals surface area contributed by atoms with Gasteiger partial charge >= 0.3 is 0 Å². The van der Waals surface area contributed by atoms with Crippen LogP contribution in [0.4, 0.5) is 0 Å².